The molecule has 2 N–H and O–H groups in total. The highest BCUT2D eigenvalue weighted by atomic mass is 79.9. The van der Waals surface area contributed by atoms with Crippen molar-refractivity contribution in [2.75, 3.05) is 5.23 Å². The summed E-state index contributed by atoms with van der Waals surface area (Å²) in [6, 6.07) is 3.35. The zero-order chi connectivity index (χ0) is 12.3. The topological polar surface area (TPSA) is 32.3 Å². The number of hydrogen-bond donors (Lipinski definition) is 2. The van der Waals surface area contributed by atoms with Gasteiger partial charge in [-0.25, -0.2) is 0 Å². The number of alkyl halides is 4. The van der Waals surface area contributed by atoms with Crippen molar-refractivity contribution in [3.8, 4) is 0 Å². The van der Waals surface area contributed by atoms with Gasteiger partial charge in [0.25, 0.3) is 0 Å². The van der Waals surface area contributed by atoms with Crippen LogP contribution in [0.1, 0.15) is 11.1 Å². The van der Waals surface area contributed by atoms with Crippen LogP contribution in [0.4, 0.5) is 18.9 Å². The number of benzene rings is 1. The molecule has 0 heterocycles. The van der Waals surface area contributed by atoms with Crippen LogP contribution in [0.2, 0.25) is 6.82 Å². The summed E-state index contributed by atoms with van der Waals surface area (Å²) < 4.78 is 37.2. The van der Waals surface area contributed by atoms with Crippen molar-refractivity contribution in [3.05, 3.63) is 29.3 Å². The Morgan fingerprint density at radius 2 is 2.06 bits per heavy atom. The third kappa shape index (κ3) is 3.42. The van der Waals surface area contributed by atoms with Gasteiger partial charge in [-0.1, -0.05) is 15.9 Å². The van der Waals surface area contributed by atoms with Crippen molar-refractivity contribution in [1.29, 1.82) is 0 Å². The quantitative estimate of drug-likeness (QED) is 0.663. The molecule has 0 unspecified atom stereocenters. The SMILES string of the molecule is CB(O)Nc1ccc(C(F)(F)F)cc1CBr. The van der Waals surface area contributed by atoms with Gasteiger partial charge in [-0.2, -0.15) is 13.2 Å². The van der Waals surface area contributed by atoms with Crippen molar-refractivity contribution in [2.45, 2.75) is 18.3 Å². The van der Waals surface area contributed by atoms with Gasteiger partial charge >= 0.3 is 13.2 Å². The smallest absolute Gasteiger partial charge is 0.416 e. The van der Waals surface area contributed by atoms with E-state index in [0.717, 1.165) is 12.1 Å². The van der Waals surface area contributed by atoms with Crippen LogP contribution >= 0.6 is 15.9 Å². The number of hydrogen-bond acceptors (Lipinski definition) is 2. The Morgan fingerprint density at radius 3 is 2.50 bits per heavy atom. The highest BCUT2D eigenvalue weighted by Gasteiger charge is 2.30. The standard InChI is InChI=1S/C9H10BBrF3NO/c1-10(16)15-8-3-2-7(9(12,13)14)4-6(8)5-11/h2-4,15-16H,5H2,1H3. The van der Waals surface area contributed by atoms with Crippen LogP contribution in [0.25, 0.3) is 0 Å². The maximum absolute atomic E-state index is 12.4. The summed E-state index contributed by atoms with van der Waals surface area (Å²) in [6.07, 6.45) is -4.35. The Bertz CT molecular complexity index is 370. The second-order valence-corrected chi connectivity index (χ2v) is 3.88. The second-order valence-electron chi connectivity index (χ2n) is 3.32. The second kappa shape index (κ2) is 5.10. The number of anilines is 1. The number of nitrogens with one attached hydrogen (secondary N) is 1. The van der Waals surface area contributed by atoms with E-state index in [2.05, 4.69) is 21.2 Å². The molecule has 0 saturated heterocycles. The van der Waals surface area contributed by atoms with Crippen molar-refractivity contribution >= 4 is 28.7 Å². The molecule has 0 aliphatic rings. The van der Waals surface area contributed by atoms with E-state index >= 15 is 0 Å². The average Bonchev–Trinajstić information content (AvgIpc) is 2.15. The van der Waals surface area contributed by atoms with Crippen molar-refractivity contribution in [1.82, 2.24) is 0 Å². The lowest BCUT2D eigenvalue weighted by atomic mass is 9.87. The molecular weight excluding hydrogens is 286 g/mol. The van der Waals surface area contributed by atoms with E-state index in [9.17, 15) is 13.2 Å². The third-order valence-corrected chi connectivity index (χ3v) is 2.55. The van der Waals surface area contributed by atoms with Crippen LogP contribution < -0.4 is 5.23 Å². The van der Waals surface area contributed by atoms with Gasteiger partial charge in [0, 0.05) is 11.0 Å². The first-order chi connectivity index (χ1) is 7.34. The van der Waals surface area contributed by atoms with Gasteiger partial charge in [0.15, 0.2) is 0 Å². The van der Waals surface area contributed by atoms with Gasteiger partial charge in [-0.15, -0.1) is 0 Å². The lowest BCUT2D eigenvalue weighted by Crippen LogP contribution is -2.20. The lowest BCUT2D eigenvalue weighted by molar-refractivity contribution is -0.137. The molecule has 16 heavy (non-hydrogen) atoms. The molecule has 0 bridgehead atoms. The molecule has 0 saturated carbocycles. The summed E-state index contributed by atoms with van der Waals surface area (Å²) in [5.74, 6) is 0. The van der Waals surface area contributed by atoms with Gasteiger partial charge in [0.2, 0.25) is 0 Å². The van der Waals surface area contributed by atoms with Gasteiger partial charge in [0.1, 0.15) is 0 Å². The normalized spacial score (nSPS) is 11.4. The minimum absolute atomic E-state index is 0.284. The third-order valence-electron chi connectivity index (χ3n) is 1.94. The largest absolute Gasteiger partial charge is 0.433 e. The van der Waals surface area contributed by atoms with E-state index in [-0.39, 0.29) is 5.33 Å². The summed E-state index contributed by atoms with van der Waals surface area (Å²) in [6.45, 7) is 1.50. The molecule has 0 radical (unpaired) electrons. The van der Waals surface area contributed by atoms with Crippen molar-refractivity contribution in [2.24, 2.45) is 0 Å². The molecular formula is C9H10BBrF3NO. The molecule has 0 spiro atoms. The fraction of sp³-hybridized carbons (Fsp3) is 0.333. The molecule has 0 aromatic heterocycles. The summed E-state index contributed by atoms with van der Waals surface area (Å²) in [7, 11) is -0.811. The Kier molecular flexibility index (Phi) is 4.26. The van der Waals surface area contributed by atoms with Crippen LogP contribution in [-0.4, -0.2) is 12.1 Å². The maximum atomic E-state index is 12.4. The monoisotopic (exact) mass is 295 g/mol. The van der Waals surface area contributed by atoms with E-state index < -0.39 is 18.8 Å². The predicted molar refractivity (Wildman–Crippen MR) is 61.5 cm³/mol. The van der Waals surface area contributed by atoms with Gasteiger partial charge < -0.3 is 10.3 Å². The molecule has 88 valence electrons. The number of halogens is 4. The molecule has 2 nitrogen and oxygen atoms in total. The first kappa shape index (κ1) is 13.4. The highest BCUT2D eigenvalue weighted by molar-refractivity contribution is 9.08. The summed E-state index contributed by atoms with van der Waals surface area (Å²) in [5, 5.41) is 12.1. The van der Waals surface area contributed by atoms with E-state index in [1.807, 2.05) is 0 Å². The molecule has 1 aromatic carbocycles. The first-order valence-electron chi connectivity index (χ1n) is 4.55. The Morgan fingerprint density at radius 1 is 1.44 bits per heavy atom. The fourth-order valence-corrected chi connectivity index (χ4v) is 1.71. The highest BCUT2D eigenvalue weighted by Crippen LogP contribution is 2.32. The molecule has 1 rings (SSSR count). The minimum atomic E-state index is -4.35. The van der Waals surface area contributed by atoms with Gasteiger partial charge in [-0.3, -0.25) is 0 Å². The number of rotatable bonds is 3. The summed E-state index contributed by atoms with van der Waals surface area (Å²) in [5.41, 5.74) is 0.244. The molecule has 7 heteroatoms. The summed E-state index contributed by atoms with van der Waals surface area (Å²) in [4.78, 5) is 0. The zero-order valence-corrected chi connectivity index (χ0v) is 10.1. The zero-order valence-electron chi connectivity index (χ0n) is 8.48. The fourth-order valence-electron chi connectivity index (χ4n) is 1.25. The van der Waals surface area contributed by atoms with E-state index in [1.54, 1.807) is 0 Å². The van der Waals surface area contributed by atoms with E-state index in [0.29, 0.717) is 11.3 Å². The van der Waals surface area contributed by atoms with E-state index in [1.165, 1.54) is 12.9 Å². The summed E-state index contributed by atoms with van der Waals surface area (Å²) >= 11 is 3.11. The Labute approximate surface area is 100 Å². The van der Waals surface area contributed by atoms with Gasteiger partial charge in [0.05, 0.1) is 5.56 Å². The Hall–Kier alpha value is -0.685. The molecule has 0 aliphatic carbocycles. The Balaban J connectivity index is 3.07. The van der Waals surface area contributed by atoms with E-state index in [4.69, 9.17) is 5.02 Å². The van der Waals surface area contributed by atoms with Crippen LogP contribution in [0, 0.1) is 0 Å². The first-order valence-corrected chi connectivity index (χ1v) is 5.67. The lowest BCUT2D eigenvalue weighted by Gasteiger charge is -2.14. The van der Waals surface area contributed by atoms with Crippen molar-refractivity contribution < 1.29 is 18.2 Å². The maximum Gasteiger partial charge on any atom is 0.416 e. The molecule has 0 amide bonds. The molecule has 1 aromatic rings. The minimum Gasteiger partial charge on any atom is -0.433 e. The van der Waals surface area contributed by atoms with Crippen LogP contribution in [0.5, 0.6) is 0 Å². The van der Waals surface area contributed by atoms with Crippen molar-refractivity contribution in [3.63, 3.8) is 0 Å². The average molecular weight is 296 g/mol. The van der Waals surface area contributed by atoms with Crippen LogP contribution in [-0.2, 0) is 11.5 Å². The van der Waals surface area contributed by atoms with Crippen LogP contribution in [0.3, 0.4) is 0 Å². The molecule has 0 atom stereocenters. The van der Waals surface area contributed by atoms with Crippen LogP contribution in [0.15, 0.2) is 18.2 Å². The predicted octanol–water partition coefficient (Wildman–Crippen LogP) is 3.12. The molecule has 0 aliphatic heterocycles. The molecule has 0 fully saturated rings. The van der Waals surface area contributed by atoms with Gasteiger partial charge in [-0.05, 0) is 30.6 Å².